The molecule has 3 rings (SSSR count). The number of furan rings is 1. The Balaban J connectivity index is 1.62. The lowest BCUT2D eigenvalue weighted by Crippen LogP contribution is -2.22. The lowest BCUT2D eigenvalue weighted by Gasteiger charge is -2.07. The molecular weight excluding hydrogens is 437 g/mol. The third-order valence-electron chi connectivity index (χ3n) is 4.34. The summed E-state index contributed by atoms with van der Waals surface area (Å²) in [6.07, 6.45) is 4.19. The minimum Gasteiger partial charge on any atom is -0.468 e. The number of benzene rings is 2. The van der Waals surface area contributed by atoms with Crippen molar-refractivity contribution in [1.29, 1.82) is 0 Å². The SMILES string of the molecule is CNC(=O)c1cc(NC(=O)/C=C/c2ccc(S(=O)(=O)NCc3ccco3)cc2)ccc1F. The summed E-state index contributed by atoms with van der Waals surface area (Å²) in [6, 6.07) is 12.9. The van der Waals surface area contributed by atoms with Gasteiger partial charge in [0.05, 0.1) is 23.3 Å². The van der Waals surface area contributed by atoms with Crippen LogP contribution in [0.1, 0.15) is 21.7 Å². The second kappa shape index (κ2) is 10.0. The van der Waals surface area contributed by atoms with Crippen molar-refractivity contribution in [3.05, 3.63) is 89.6 Å². The topological polar surface area (TPSA) is 118 Å². The van der Waals surface area contributed by atoms with E-state index >= 15 is 0 Å². The van der Waals surface area contributed by atoms with Gasteiger partial charge in [-0.3, -0.25) is 9.59 Å². The van der Waals surface area contributed by atoms with Crippen LogP contribution in [-0.2, 0) is 21.4 Å². The van der Waals surface area contributed by atoms with E-state index in [-0.39, 0.29) is 22.7 Å². The summed E-state index contributed by atoms with van der Waals surface area (Å²) >= 11 is 0. The summed E-state index contributed by atoms with van der Waals surface area (Å²) < 4.78 is 45.9. The lowest BCUT2D eigenvalue weighted by molar-refractivity contribution is -0.111. The van der Waals surface area contributed by atoms with E-state index in [1.165, 1.54) is 49.7 Å². The maximum atomic E-state index is 13.7. The van der Waals surface area contributed by atoms with Crippen LogP contribution < -0.4 is 15.4 Å². The number of carbonyl (C=O) groups is 2. The van der Waals surface area contributed by atoms with Crippen LogP contribution in [0, 0.1) is 5.82 Å². The van der Waals surface area contributed by atoms with E-state index in [2.05, 4.69) is 15.4 Å². The van der Waals surface area contributed by atoms with Crippen molar-refractivity contribution in [3.8, 4) is 0 Å². The van der Waals surface area contributed by atoms with Crippen LogP contribution >= 0.6 is 0 Å². The van der Waals surface area contributed by atoms with E-state index in [0.717, 1.165) is 6.07 Å². The van der Waals surface area contributed by atoms with Crippen LogP contribution in [0.15, 0.2) is 76.2 Å². The molecule has 0 bridgehead atoms. The molecule has 0 atom stereocenters. The standard InChI is InChI=1S/C22H20FN3O5S/c1-24-22(28)19-13-16(7-10-20(19)23)26-21(27)11-6-15-4-8-18(9-5-15)32(29,30)25-14-17-3-2-12-31-17/h2-13,25H,14H2,1H3,(H,24,28)(H,26,27)/b11-6+. The Labute approximate surface area is 184 Å². The zero-order valence-electron chi connectivity index (χ0n) is 17.0. The molecule has 2 amide bonds. The first-order valence-corrected chi connectivity index (χ1v) is 10.9. The zero-order chi connectivity index (χ0) is 23.1. The fourth-order valence-corrected chi connectivity index (χ4v) is 3.68. The molecule has 0 radical (unpaired) electrons. The third kappa shape index (κ3) is 5.90. The van der Waals surface area contributed by atoms with Crippen LogP contribution in [0.25, 0.3) is 6.08 Å². The van der Waals surface area contributed by atoms with E-state index in [1.807, 2.05) is 0 Å². The molecule has 166 valence electrons. The molecule has 0 spiro atoms. The van der Waals surface area contributed by atoms with Crippen molar-refractivity contribution in [2.45, 2.75) is 11.4 Å². The van der Waals surface area contributed by atoms with Gasteiger partial charge < -0.3 is 15.1 Å². The first-order valence-electron chi connectivity index (χ1n) is 9.41. The molecule has 0 aliphatic heterocycles. The zero-order valence-corrected chi connectivity index (χ0v) is 17.8. The van der Waals surface area contributed by atoms with E-state index < -0.39 is 27.7 Å². The van der Waals surface area contributed by atoms with Gasteiger partial charge in [0.1, 0.15) is 11.6 Å². The van der Waals surface area contributed by atoms with Crippen LogP contribution in [0.3, 0.4) is 0 Å². The van der Waals surface area contributed by atoms with Gasteiger partial charge in [-0.1, -0.05) is 12.1 Å². The molecule has 8 nitrogen and oxygen atoms in total. The maximum absolute atomic E-state index is 13.7. The van der Waals surface area contributed by atoms with Crippen molar-refractivity contribution >= 4 is 33.6 Å². The number of carbonyl (C=O) groups excluding carboxylic acids is 2. The van der Waals surface area contributed by atoms with E-state index in [4.69, 9.17) is 4.42 Å². The number of anilines is 1. The molecule has 0 fully saturated rings. The minimum absolute atomic E-state index is 0.0299. The third-order valence-corrected chi connectivity index (χ3v) is 5.76. The van der Waals surface area contributed by atoms with Gasteiger partial charge in [0, 0.05) is 18.8 Å². The largest absolute Gasteiger partial charge is 0.468 e. The fraction of sp³-hybridized carbons (Fsp3) is 0.0909. The van der Waals surface area contributed by atoms with Gasteiger partial charge in [0.15, 0.2) is 0 Å². The number of hydrogen-bond donors (Lipinski definition) is 3. The van der Waals surface area contributed by atoms with Crippen molar-refractivity contribution in [2.75, 3.05) is 12.4 Å². The number of hydrogen-bond acceptors (Lipinski definition) is 5. The highest BCUT2D eigenvalue weighted by Gasteiger charge is 2.14. The van der Waals surface area contributed by atoms with Crippen LogP contribution in [0.2, 0.25) is 0 Å². The van der Waals surface area contributed by atoms with E-state index in [1.54, 1.807) is 24.3 Å². The first kappa shape index (κ1) is 22.9. The summed E-state index contributed by atoms with van der Waals surface area (Å²) in [5.41, 5.74) is 0.658. The Hall–Kier alpha value is -3.76. The molecule has 0 aliphatic carbocycles. The van der Waals surface area contributed by atoms with E-state index in [9.17, 15) is 22.4 Å². The predicted molar refractivity (Wildman–Crippen MR) is 117 cm³/mol. The normalized spacial score (nSPS) is 11.4. The first-order chi connectivity index (χ1) is 15.3. The van der Waals surface area contributed by atoms with Gasteiger partial charge in [0.25, 0.3) is 5.91 Å². The number of nitrogens with one attached hydrogen (secondary N) is 3. The van der Waals surface area contributed by atoms with Gasteiger partial charge in [-0.25, -0.2) is 17.5 Å². The Morgan fingerprint density at radius 1 is 1.09 bits per heavy atom. The second-order valence-electron chi connectivity index (χ2n) is 6.57. The average Bonchev–Trinajstić information content (AvgIpc) is 3.31. The Morgan fingerprint density at radius 2 is 1.84 bits per heavy atom. The van der Waals surface area contributed by atoms with Gasteiger partial charge in [-0.2, -0.15) is 0 Å². The lowest BCUT2D eigenvalue weighted by atomic mass is 10.1. The van der Waals surface area contributed by atoms with Crippen LogP contribution in [-0.4, -0.2) is 27.3 Å². The highest BCUT2D eigenvalue weighted by molar-refractivity contribution is 7.89. The summed E-state index contributed by atoms with van der Waals surface area (Å²) in [6.45, 7) is 0.0299. The van der Waals surface area contributed by atoms with Gasteiger partial charge in [0.2, 0.25) is 15.9 Å². The molecule has 0 unspecified atom stereocenters. The summed E-state index contributed by atoms with van der Waals surface area (Å²) in [5, 5.41) is 4.86. The number of halogens is 1. The molecule has 0 aliphatic rings. The summed E-state index contributed by atoms with van der Waals surface area (Å²) in [7, 11) is -2.34. The number of amides is 2. The molecule has 32 heavy (non-hydrogen) atoms. The van der Waals surface area contributed by atoms with E-state index in [0.29, 0.717) is 11.3 Å². The smallest absolute Gasteiger partial charge is 0.254 e. The number of sulfonamides is 1. The average molecular weight is 457 g/mol. The molecule has 1 aromatic heterocycles. The van der Waals surface area contributed by atoms with Crippen molar-refractivity contribution in [3.63, 3.8) is 0 Å². The van der Waals surface area contributed by atoms with Crippen LogP contribution in [0.4, 0.5) is 10.1 Å². The molecule has 3 N–H and O–H groups in total. The number of rotatable bonds is 8. The van der Waals surface area contributed by atoms with Crippen molar-refractivity contribution < 1.29 is 26.8 Å². The van der Waals surface area contributed by atoms with Gasteiger partial charge in [-0.15, -0.1) is 0 Å². The summed E-state index contributed by atoms with van der Waals surface area (Å²) in [5.74, 6) is -1.33. The predicted octanol–water partition coefficient (Wildman–Crippen LogP) is 2.91. The van der Waals surface area contributed by atoms with Crippen LogP contribution in [0.5, 0.6) is 0 Å². The molecule has 10 heteroatoms. The quantitative estimate of drug-likeness (QED) is 0.450. The molecule has 0 saturated carbocycles. The molecule has 3 aromatic rings. The monoisotopic (exact) mass is 457 g/mol. The maximum Gasteiger partial charge on any atom is 0.254 e. The van der Waals surface area contributed by atoms with Gasteiger partial charge >= 0.3 is 0 Å². The fourth-order valence-electron chi connectivity index (χ4n) is 2.69. The van der Waals surface area contributed by atoms with Crippen molar-refractivity contribution in [2.24, 2.45) is 0 Å². The highest BCUT2D eigenvalue weighted by Crippen LogP contribution is 2.16. The summed E-state index contributed by atoms with van der Waals surface area (Å²) in [4.78, 5) is 23.9. The molecular formula is C22H20FN3O5S. The molecule has 0 saturated heterocycles. The minimum atomic E-state index is -3.72. The Bertz CT molecular complexity index is 1240. The molecule has 2 aromatic carbocycles. The van der Waals surface area contributed by atoms with Crippen molar-refractivity contribution in [1.82, 2.24) is 10.0 Å². The van der Waals surface area contributed by atoms with Gasteiger partial charge in [-0.05, 0) is 54.1 Å². The molecule has 1 heterocycles. The highest BCUT2D eigenvalue weighted by atomic mass is 32.2. The Morgan fingerprint density at radius 3 is 2.50 bits per heavy atom. The second-order valence-corrected chi connectivity index (χ2v) is 8.34. The Kier molecular flexibility index (Phi) is 7.18.